The predicted octanol–water partition coefficient (Wildman–Crippen LogP) is 0.820. The van der Waals surface area contributed by atoms with Gasteiger partial charge < -0.3 is 20.4 Å². The molecule has 12 heteroatoms. The van der Waals surface area contributed by atoms with Gasteiger partial charge in [-0.15, -0.1) is 11.3 Å². The Morgan fingerprint density at radius 1 is 1.31 bits per heavy atom. The Kier molecular flexibility index (Phi) is 4.49. The quantitative estimate of drug-likeness (QED) is 0.278. The first-order valence-corrected chi connectivity index (χ1v) is 7.99. The second-order valence-electron chi connectivity index (χ2n) is 5.25. The zero-order chi connectivity index (χ0) is 18.8. The van der Waals surface area contributed by atoms with Gasteiger partial charge in [-0.3, -0.25) is 24.5 Å². The molecule has 0 aliphatic rings. The summed E-state index contributed by atoms with van der Waals surface area (Å²) in [5.41, 5.74) is -1.26. The molecule has 0 saturated heterocycles. The maximum absolute atomic E-state index is 11.6. The van der Waals surface area contributed by atoms with Gasteiger partial charge in [0.25, 0.3) is 5.69 Å². The molecule has 0 spiro atoms. The number of nitro benzene ring substituents is 1. The highest BCUT2D eigenvalue weighted by molar-refractivity contribution is 7.15. The molecule has 3 rings (SSSR count). The van der Waals surface area contributed by atoms with Crippen LogP contribution < -0.4 is 16.4 Å². The monoisotopic (exact) mass is 377 g/mol. The highest BCUT2D eigenvalue weighted by Gasteiger charge is 2.14. The molecular weight excluding hydrogens is 366 g/mol. The second-order valence-corrected chi connectivity index (χ2v) is 6.36. The van der Waals surface area contributed by atoms with Gasteiger partial charge >= 0.3 is 17.1 Å². The van der Waals surface area contributed by atoms with Crippen molar-refractivity contribution in [3.63, 3.8) is 0 Å². The van der Waals surface area contributed by atoms with Gasteiger partial charge in [0.05, 0.1) is 22.4 Å². The van der Waals surface area contributed by atoms with Crippen LogP contribution in [0.2, 0.25) is 0 Å². The number of thiazole rings is 1. The Balaban J connectivity index is 1.95. The maximum atomic E-state index is 11.6. The SMILES string of the molecule is O=C(O)Cc1cnc(NCc2cc([N+](=O)[O-])cc3[nH]c(=O)c(=O)[nH]c23)s1. The molecule has 0 amide bonds. The lowest BCUT2D eigenvalue weighted by molar-refractivity contribution is -0.384. The molecule has 4 N–H and O–H groups in total. The summed E-state index contributed by atoms with van der Waals surface area (Å²) in [4.78, 5) is 53.5. The molecule has 0 aliphatic carbocycles. The second kappa shape index (κ2) is 6.76. The van der Waals surface area contributed by atoms with Crippen LogP contribution in [0.15, 0.2) is 27.9 Å². The van der Waals surface area contributed by atoms with Gasteiger partial charge in [0.15, 0.2) is 5.13 Å². The third-order valence-electron chi connectivity index (χ3n) is 3.42. The van der Waals surface area contributed by atoms with Crippen LogP contribution in [0.4, 0.5) is 10.8 Å². The Morgan fingerprint density at radius 2 is 2.04 bits per heavy atom. The molecule has 0 fully saturated rings. The number of nitrogens with one attached hydrogen (secondary N) is 3. The summed E-state index contributed by atoms with van der Waals surface area (Å²) in [5.74, 6) is -0.980. The van der Waals surface area contributed by atoms with Crippen molar-refractivity contribution in [2.45, 2.75) is 13.0 Å². The van der Waals surface area contributed by atoms with Gasteiger partial charge in [0, 0.05) is 35.3 Å². The van der Waals surface area contributed by atoms with E-state index in [1.54, 1.807) is 0 Å². The lowest BCUT2D eigenvalue weighted by atomic mass is 10.1. The number of non-ortho nitro benzene ring substituents is 1. The van der Waals surface area contributed by atoms with Crippen molar-refractivity contribution >= 4 is 39.2 Å². The summed E-state index contributed by atoms with van der Waals surface area (Å²) < 4.78 is 0. The molecular formula is C14H11N5O6S. The van der Waals surface area contributed by atoms with Crippen molar-refractivity contribution in [1.29, 1.82) is 0 Å². The molecule has 2 heterocycles. The van der Waals surface area contributed by atoms with E-state index in [4.69, 9.17) is 5.11 Å². The summed E-state index contributed by atoms with van der Waals surface area (Å²) in [6.07, 6.45) is 1.26. The highest BCUT2D eigenvalue weighted by atomic mass is 32.1. The predicted molar refractivity (Wildman–Crippen MR) is 92.6 cm³/mol. The van der Waals surface area contributed by atoms with Gasteiger partial charge in [0.2, 0.25) is 0 Å². The van der Waals surface area contributed by atoms with Crippen molar-refractivity contribution in [3.05, 3.63) is 59.6 Å². The Labute approximate surface area is 147 Å². The van der Waals surface area contributed by atoms with Crippen LogP contribution in [0.1, 0.15) is 10.4 Å². The minimum Gasteiger partial charge on any atom is -0.481 e. The third kappa shape index (κ3) is 3.59. The van der Waals surface area contributed by atoms with Crippen molar-refractivity contribution in [1.82, 2.24) is 15.0 Å². The first-order valence-electron chi connectivity index (χ1n) is 7.17. The molecule has 0 aliphatic heterocycles. The summed E-state index contributed by atoms with van der Waals surface area (Å²) in [6, 6.07) is 2.43. The number of aliphatic carboxylic acids is 1. The number of aromatic amines is 2. The molecule has 0 bridgehead atoms. The summed E-state index contributed by atoms with van der Waals surface area (Å²) in [6.45, 7) is 0.0696. The molecule has 1 aromatic carbocycles. The number of benzene rings is 1. The molecule has 11 nitrogen and oxygen atoms in total. The summed E-state index contributed by atoms with van der Waals surface area (Å²) in [7, 11) is 0. The lowest BCUT2D eigenvalue weighted by Gasteiger charge is -2.07. The number of nitro groups is 1. The van der Waals surface area contributed by atoms with E-state index >= 15 is 0 Å². The molecule has 134 valence electrons. The number of rotatable bonds is 6. The van der Waals surface area contributed by atoms with E-state index in [-0.39, 0.29) is 29.7 Å². The fourth-order valence-electron chi connectivity index (χ4n) is 2.32. The number of H-pyrrole nitrogens is 2. The van der Waals surface area contributed by atoms with Gasteiger partial charge in [-0.1, -0.05) is 0 Å². The van der Waals surface area contributed by atoms with E-state index in [1.165, 1.54) is 12.3 Å². The van der Waals surface area contributed by atoms with Crippen LogP contribution in [-0.4, -0.2) is 31.0 Å². The third-order valence-corrected chi connectivity index (χ3v) is 4.37. The smallest absolute Gasteiger partial charge is 0.314 e. The maximum Gasteiger partial charge on any atom is 0.314 e. The van der Waals surface area contributed by atoms with Crippen LogP contribution >= 0.6 is 11.3 Å². The van der Waals surface area contributed by atoms with Crippen LogP contribution in [0.5, 0.6) is 0 Å². The number of hydrogen-bond acceptors (Lipinski definition) is 8. The van der Waals surface area contributed by atoms with E-state index in [1.807, 2.05) is 0 Å². The Bertz CT molecular complexity index is 1130. The number of hydrogen-bond donors (Lipinski definition) is 4. The normalized spacial score (nSPS) is 10.8. The van der Waals surface area contributed by atoms with E-state index in [2.05, 4.69) is 20.3 Å². The molecule has 26 heavy (non-hydrogen) atoms. The fourth-order valence-corrected chi connectivity index (χ4v) is 3.12. The molecule has 2 aromatic heterocycles. The molecule has 0 unspecified atom stereocenters. The van der Waals surface area contributed by atoms with Crippen molar-refractivity contribution in [2.24, 2.45) is 0 Å². The van der Waals surface area contributed by atoms with Crippen LogP contribution in [-0.2, 0) is 17.8 Å². The first kappa shape index (κ1) is 17.3. The van der Waals surface area contributed by atoms with E-state index in [0.717, 1.165) is 17.4 Å². The number of carbonyl (C=O) groups is 1. The topological polar surface area (TPSA) is 171 Å². The van der Waals surface area contributed by atoms with Crippen molar-refractivity contribution in [2.75, 3.05) is 5.32 Å². The number of anilines is 1. The number of fused-ring (bicyclic) bond motifs is 1. The fraction of sp³-hybridized carbons (Fsp3) is 0.143. The Hall–Kier alpha value is -3.54. The standard InChI is InChI=1S/C14H11N5O6S/c20-10(21)3-8-5-16-14(26-8)15-4-6-1-7(19(24)25)2-9-11(6)18-13(23)12(22)17-9/h1-2,5H,3-4H2,(H,15,16)(H,17,22)(H,18,23)(H,20,21). The highest BCUT2D eigenvalue weighted by Crippen LogP contribution is 2.24. The van der Waals surface area contributed by atoms with Crippen molar-refractivity contribution < 1.29 is 14.8 Å². The van der Waals surface area contributed by atoms with Gasteiger partial charge in [-0.2, -0.15) is 0 Å². The summed E-state index contributed by atoms with van der Waals surface area (Å²) >= 11 is 1.14. The minimum atomic E-state index is -0.980. The molecule has 0 atom stereocenters. The zero-order valence-corrected chi connectivity index (χ0v) is 13.8. The van der Waals surface area contributed by atoms with Crippen LogP contribution in [0, 0.1) is 10.1 Å². The Morgan fingerprint density at radius 3 is 2.73 bits per heavy atom. The summed E-state index contributed by atoms with van der Waals surface area (Å²) in [5, 5.41) is 23.2. The zero-order valence-electron chi connectivity index (χ0n) is 12.9. The average molecular weight is 377 g/mol. The molecule has 3 aromatic rings. The minimum absolute atomic E-state index is 0.0696. The van der Waals surface area contributed by atoms with Crippen molar-refractivity contribution in [3.8, 4) is 0 Å². The number of carboxylic acids is 1. The van der Waals surface area contributed by atoms with E-state index in [0.29, 0.717) is 15.6 Å². The largest absolute Gasteiger partial charge is 0.481 e. The van der Waals surface area contributed by atoms with Crippen LogP contribution in [0.25, 0.3) is 11.0 Å². The first-order chi connectivity index (χ1) is 12.3. The van der Waals surface area contributed by atoms with Crippen LogP contribution in [0.3, 0.4) is 0 Å². The number of aromatic nitrogens is 3. The lowest BCUT2D eigenvalue weighted by Crippen LogP contribution is -2.29. The average Bonchev–Trinajstić information content (AvgIpc) is 3.00. The van der Waals surface area contributed by atoms with Gasteiger partial charge in [-0.05, 0) is 0 Å². The van der Waals surface area contributed by atoms with E-state index in [9.17, 15) is 24.5 Å². The molecule has 0 radical (unpaired) electrons. The van der Waals surface area contributed by atoms with E-state index < -0.39 is 22.0 Å². The number of nitrogens with zero attached hydrogens (tertiary/aromatic N) is 2. The molecule has 0 saturated carbocycles. The van der Waals surface area contributed by atoms with Gasteiger partial charge in [-0.25, -0.2) is 4.98 Å². The number of carboxylic acid groups (broad SMARTS) is 1. The van der Waals surface area contributed by atoms with Gasteiger partial charge in [0.1, 0.15) is 0 Å².